The molecule has 5 heteroatoms. The lowest BCUT2D eigenvalue weighted by Crippen LogP contribution is -2.38. The van der Waals surface area contributed by atoms with Crippen LogP contribution in [0.3, 0.4) is 0 Å². The Morgan fingerprint density at radius 3 is 2.80 bits per heavy atom. The molecule has 1 amide bonds. The largest absolute Gasteiger partial charge is 0.387 e. The van der Waals surface area contributed by atoms with Crippen molar-refractivity contribution in [2.45, 2.75) is 32.8 Å². The summed E-state index contributed by atoms with van der Waals surface area (Å²) < 4.78 is 0. The number of carbonyl (C=O) groups is 1. The summed E-state index contributed by atoms with van der Waals surface area (Å²) in [4.78, 5) is 17.7. The first kappa shape index (κ1) is 14.8. The third-order valence-electron chi connectivity index (χ3n) is 3.76. The molecular formula is C15H23N3O2. The summed E-state index contributed by atoms with van der Waals surface area (Å²) in [6.07, 6.45) is 1.58. The van der Waals surface area contributed by atoms with Crippen LogP contribution < -0.4 is 10.2 Å². The number of hydrogen-bond acceptors (Lipinski definition) is 4. The summed E-state index contributed by atoms with van der Waals surface area (Å²) in [5.41, 5.74) is 0.711. The molecule has 1 aliphatic rings. The molecule has 20 heavy (non-hydrogen) atoms. The minimum Gasteiger partial charge on any atom is -0.387 e. The van der Waals surface area contributed by atoms with Gasteiger partial charge in [-0.2, -0.15) is 0 Å². The number of piperidine rings is 1. The van der Waals surface area contributed by atoms with E-state index in [0.717, 1.165) is 38.3 Å². The van der Waals surface area contributed by atoms with Crippen LogP contribution in [0, 0.1) is 5.92 Å². The molecular weight excluding hydrogens is 254 g/mol. The van der Waals surface area contributed by atoms with Gasteiger partial charge in [0.25, 0.3) is 0 Å². The average Bonchev–Trinajstić information content (AvgIpc) is 2.46. The van der Waals surface area contributed by atoms with E-state index in [2.05, 4.69) is 15.2 Å². The van der Waals surface area contributed by atoms with E-state index in [1.165, 1.54) is 0 Å². The van der Waals surface area contributed by atoms with Crippen molar-refractivity contribution in [2.24, 2.45) is 5.92 Å². The van der Waals surface area contributed by atoms with Crippen LogP contribution in [0.1, 0.15) is 38.5 Å². The van der Waals surface area contributed by atoms with Gasteiger partial charge in [-0.3, -0.25) is 4.79 Å². The second-order valence-corrected chi connectivity index (χ2v) is 5.46. The summed E-state index contributed by atoms with van der Waals surface area (Å²) >= 11 is 0. The lowest BCUT2D eigenvalue weighted by atomic mass is 9.97. The first-order chi connectivity index (χ1) is 9.56. The van der Waals surface area contributed by atoms with Gasteiger partial charge in [-0.05, 0) is 37.8 Å². The van der Waals surface area contributed by atoms with Crippen LogP contribution in [0.4, 0.5) is 5.82 Å². The third-order valence-corrected chi connectivity index (χ3v) is 3.76. The molecule has 1 unspecified atom stereocenters. The molecule has 110 valence electrons. The molecule has 2 N–H and O–H groups in total. The van der Waals surface area contributed by atoms with Gasteiger partial charge in [0, 0.05) is 26.6 Å². The maximum absolute atomic E-state index is 10.9. The SMILES string of the molecule is CC(=O)NCC1CCN(c2cccc(C(C)O)n2)CC1. The van der Waals surface area contributed by atoms with Crippen molar-refractivity contribution >= 4 is 11.7 Å². The van der Waals surface area contributed by atoms with Crippen LogP contribution in [0.5, 0.6) is 0 Å². The highest BCUT2D eigenvalue weighted by Gasteiger charge is 2.20. The Kier molecular flexibility index (Phi) is 4.95. The summed E-state index contributed by atoms with van der Waals surface area (Å²) in [5, 5.41) is 12.5. The van der Waals surface area contributed by atoms with Crippen LogP contribution in [0.15, 0.2) is 18.2 Å². The molecule has 1 aromatic heterocycles. The number of pyridine rings is 1. The number of hydrogen-bond donors (Lipinski definition) is 2. The Morgan fingerprint density at radius 1 is 1.50 bits per heavy atom. The quantitative estimate of drug-likeness (QED) is 0.875. The standard InChI is InChI=1S/C15H23N3O2/c1-11(19)14-4-3-5-15(17-14)18-8-6-13(7-9-18)10-16-12(2)20/h3-5,11,13,19H,6-10H2,1-2H3,(H,16,20). The highest BCUT2D eigenvalue weighted by atomic mass is 16.3. The van der Waals surface area contributed by atoms with Gasteiger partial charge in [0.2, 0.25) is 5.91 Å². The Labute approximate surface area is 120 Å². The number of anilines is 1. The smallest absolute Gasteiger partial charge is 0.216 e. The molecule has 1 aliphatic heterocycles. The van der Waals surface area contributed by atoms with Crippen molar-refractivity contribution in [3.8, 4) is 0 Å². The Morgan fingerprint density at radius 2 is 2.20 bits per heavy atom. The predicted molar refractivity (Wildman–Crippen MR) is 78.5 cm³/mol. The molecule has 2 heterocycles. The molecule has 2 rings (SSSR count). The molecule has 5 nitrogen and oxygen atoms in total. The molecule has 1 saturated heterocycles. The van der Waals surface area contributed by atoms with E-state index in [4.69, 9.17) is 0 Å². The number of aliphatic hydroxyl groups is 1. The van der Waals surface area contributed by atoms with Gasteiger partial charge in [-0.15, -0.1) is 0 Å². The minimum atomic E-state index is -0.535. The molecule has 1 atom stereocenters. The Hall–Kier alpha value is -1.62. The number of aromatic nitrogens is 1. The van der Waals surface area contributed by atoms with Gasteiger partial charge in [-0.1, -0.05) is 6.07 Å². The van der Waals surface area contributed by atoms with Crippen LogP contribution in [-0.2, 0) is 4.79 Å². The zero-order valence-corrected chi connectivity index (χ0v) is 12.2. The lowest BCUT2D eigenvalue weighted by molar-refractivity contribution is -0.119. The third kappa shape index (κ3) is 3.93. The van der Waals surface area contributed by atoms with Crippen molar-refractivity contribution in [3.05, 3.63) is 23.9 Å². The summed E-state index contributed by atoms with van der Waals surface area (Å²) in [7, 11) is 0. The van der Waals surface area contributed by atoms with E-state index in [0.29, 0.717) is 11.6 Å². The number of rotatable bonds is 4. The van der Waals surface area contributed by atoms with Crippen LogP contribution >= 0.6 is 0 Å². The van der Waals surface area contributed by atoms with E-state index in [1.807, 2.05) is 18.2 Å². The second-order valence-electron chi connectivity index (χ2n) is 5.46. The van der Waals surface area contributed by atoms with Crippen molar-refractivity contribution in [2.75, 3.05) is 24.5 Å². The van der Waals surface area contributed by atoms with E-state index in [1.54, 1.807) is 13.8 Å². The average molecular weight is 277 g/mol. The van der Waals surface area contributed by atoms with Crippen molar-refractivity contribution in [1.29, 1.82) is 0 Å². The first-order valence-corrected chi connectivity index (χ1v) is 7.20. The van der Waals surface area contributed by atoms with Crippen LogP contribution in [0.2, 0.25) is 0 Å². The Bertz CT molecular complexity index is 454. The predicted octanol–water partition coefficient (Wildman–Crippen LogP) is 1.49. The molecule has 0 saturated carbocycles. The maximum Gasteiger partial charge on any atom is 0.216 e. The number of nitrogens with one attached hydrogen (secondary N) is 1. The van der Waals surface area contributed by atoms with E-state index >= 15 is 0 Å². The van der Waals surface area contributed by atoms with Crippen molar-refractivity contribution in [1.82, 2.24) is 10.3 Å². The second kappa shape index (κ2) is 6.70. The molecule has 0 bridgehead atoms. The molecule has 0 radical (unpaired) electrons. The zero-order chi connectivity index (χ0) is 14.5. The van der Waals surface area contributed by atoms with Crippen molar-refractivity contribution < 1.29 is 9.90 Å². The highest BCUT2D eigenvalue weighted by Crippen LogP contribution is 2.22. The molecule has 0 spiro atoms. The molecule has 1 fully saturated rings. The fraction of sp³-hybridized carbons (Fsp3) is 0.600. The fourth-order valence-corrected chi connectivity index (χ4v) is 2.50. The van der Waals surface area contributed by atoms with Crippen LogP contribution in [0.25, 0.3) is 0 Å². The topological polar surface area (TPSA) is 65.5 Å². The number of nitrogens with zero attached hydrogens (tertiary/aromatic N) is 2. The summed E-state index contributed by atoms with van der Waals surface area (Å²) in [6.45, 7) is 5.94. The summed E-state index contributed by atoms with van der Waals surface area (Å²) in [5.74, 6) is 1.52. The summed E-state index contributed by atoms with van der Waals surface area (Å²) in [6, 6.07) is 5.77. The van der Waals surface area contributed by atoms with E-state index in [-0.39, 0.29) is 5.91 Å². The van der Waals surface area contributed by atoms with Crippen LogP contribution in [-0.4, -0.2) is 35.6 Å². The fourth-order valence-electron chi connectivity index (χ4n) is 2.50. The molecule has 0 aromatic carbocycles. The zero-order valence-electron chi connectivity index (χ0n) is 12.2. The van der Waals surface area contributed by atoms with Gasteiger partial charge in [-0.25, -0.2) is 4.98 Å². The van der Waals surface area contributed by atoms with Gasteiger partial charge in [0.05, 0.1) is 11.8 Å². The van der Waals surface area contributed by atoms with Gasteiger partial charge in [0.1, 0.15) is 5.82 Å². The molecule has 1 aromatic rings. The normalized spacial score (nSPS) is 17.9. The Balaban J connectivity index is 1.90. The van der Waals surface area contributed by atoms with Gasteiger partial charge < -0.3 is 15.3 Å². The molecule has 0 aliphatic carbocycles. The van der Waals surface area contributed by atoms with Crippen molar-refractivity contribution in [3.63, 3.8) is 0 Å². The first-order valence-electron chi connectivity index (χ1n) is 7.20. The number of carbonyl (C=O) groups excluding carboxylic acids is 1. The maximum atomic E-state index is 10.9. The van der Waals surface area contributed by atoms with E-state index < -0.39 is 6.10 Å². The highest BCUT2D eigenvalue weighted by molar-refractivity contribution is 5.72. The number of aliphatic hydroxyl groups excluding tert-OH is 1. The van der Waals surface area contributed by atoms with E-state index in [9.17, 15) is 9.90 Å². The van der Waals surface area contributed by atoms with Gasteiger partial charge in [0.15, 0.2) is 0 Å². The lowest BCUT2D eigenvalue weighted by Gasteiger charge is -2.33. The number of amides is 1. The monoisotopic (exact) mass is 277 g/mol. The van der Waals surface area contributed by atoms with Gasteiger partial charge >= 0.3 is 0 Å². The minimum absolute atomic E-state index is 0.0405.